The van der Waals surface area contributed by atoms with Crippen molar-refractivity contribution in [3.8, 4) is 5.75 Å². The number of carbonyl (C=O) groups excluding carboxylic acids is 2. The van der Waals surface area contributed by atoms with Crippen molar-refractivity contribution in [1.29, 1.82) is 0 Å². The monoisotopic (exact) mass is 344 g/mol. The average Bonchev–Trinajstić information content (AvgIpc) is 2.99. The van der Waals surface area contributed by atoms with Gasteiger partial charge in [0.25, 0.3) is 5.91 Å². The number of rotatable bonds is 7. The van der Waals surface area contributed by atoms with Crippen LogP contribution in [0.3, 0.4) is 0 Å². The Bertz CT molecular complexity index is 749. The Morgan fingerprint density at radius 3 is 2.64 bits per heavy atom. The number of benzene rings is 1. The van der Waals surface area contributed by atoms with Gasteiger partial charge in [-0.1, -0.05) is 17.3 Å². The molecule has 1 amide bonds. The number of aryl methyl sites for hydroxylation is 1. The number of nitrogens with one attached hydrogen (secondary N) is 1. The molecule has 1 atom stereocenters. The number of hydrogen-bond acceptors (Lipinski definition) is 6. The minimum absolute atomic E-state index is 0.273. The quantitative estimate of drug-likeness (QED) is 0.613. The fraction of sp³-hybridized carbons (Fsp3) is 0.278. The molecule has 0 saturated heterocycles. The standard InChI is InChI=1S/C18H20N2O5/c1-4-23-15-8-5-14(6-9-15)7-10-17(21)24-13(3)18(22)19-16-11-12(2)25-20-16/h5-11,13H,4H2,1-3H3,(H,19,20,22)/b10-7+/t13-/m1/s1. The van der Waals surface area contributed by atoms with Gasteiger partial charge in [-0.05, 0) is 44.5 Å². The zero-order valence-electron chi connectivity index (χ0n) is 14.3. The zero-order chi connectivity index (χ0) is 18.2. The molecule has 0 aliphatic heterocycles. The first kappa shape index (κ1) is 18.3. The van der Waals surface area contributed by atoms with Crippen molar-refractivity contribution in [2.24, 2.45) is 0 Å². The summed E-state index contributed by atoms with van der Waals surface area (Å²) < 4.78 is 15.2. The SMILES string of the molecule is CCOc1ccc(/C=C/C(=O)O[C@H](C)C(=O)Nc2cc(C)on2)cc1. The van der Waals surface area contributed by atoms with Crippen molar-refractivity contribution in [2.45, 2.75) is 26.9 Å². The van der Waals surface area contributed by atoms with Crippen molar-refractivity contribution < 1.29 is 23.6 Å². The van der Waals surface area contributed by atoms with Gasteiger partial charge >= 0.3 is 5.97 Å². The van der Waals surface area contributed by atoms with E-state index in [-0.39, 0.29) is 5.82 Å². The maximum Gasteiger partial charge on any atom is 0.331 e. The van der Waals surface area contributed by atoms with Crippen molar-refractivity contribution in [3.05, 3.63) is 47.7 Å². The first-order valence-electron chi connectivity index (χ1n) is 7.83. The summed E-state index contributed by atoms with van der Waals surface area (Å²) >= 11 is 0. The van der Waals surface area contributed by atoms with Gasteiger partial charge in [0.15, 0.2) is 11.9 Å². The Labute approximate surface area is 145 Å². The number of amides is 1. The summed E-state index contributed by atoms with van der Waals surface area (Å²) in [4.78, 5) is 23.7. The van der Waals surface area contributed by atoms with Crippen LogP contribution in [0, 0.1) is 6.92 Å². The third-order valence-corrected chi connectivity index (χ3v) is 3.14. The molecule has 0 bridgehead atoms. The highest BCUT2D eigenvalue weighted by molar-refractivity contribution is 5.96. The zero-order valence-corrected chi connectivity index (χ0v) is 14.3. The van der Waals surface area contributed by atoms with Gasteiger partial charge < -0.3 is 19.3 Å². The topological polar surface area (TPSA) is 90.7 Å². The van der Waals surface area contributed by atoms with Gasteiger partial charge in [0.05, 0.1) is 6.61 Å². The van der Waals surface area contributed by atoms with E-state index >= 15 is 0 Å². The minimum atomic E-state index is -0.963. The molecular weight excluding hydrogens is 324 g/mol. The molecule has 1 aromatic heterocycles. The molecule has 0 unspecified atom stereocenters. The smallest absolute Gasteiger partial charge is 0.331 e. The fourth-order valence-electron chi connectivity index (χ4n) is 1.93. The van der Waals surface area contributed by atoms with Gasteiger partial charge in [-0.3, -0.25) is 4.79 Å². The number of aromatic nitrogens is 1. The third kappa shape index (κ3) is 5.80. The Hall–Kier alpha value is -3.09. The molecule has 7 heteroatoms. The molecule has 2 rings (SSSR count). The molecule has 1 N–H and O–H groups in total. The number of nitrogens with zero attached hydrogens (tertiary/aromatic N) is 1. The van der Waals surface area contributed by atoms with E-state index in [9.17, 15) is 9.59 Å². The van der Waals surface area contributed by atoms with Gasteiger partial charge in [-0.15, -0.1) is 0 Å². The summed E-state index contributed by atoms with van der Waals surface area (Å²) in [6, 6.07) is 8.82. The predicted octanol–water partition coefficient (Wildman–Crippen LogP) is 2.97. The summed E-state index contributed by atoms with van der Waals surface area (Å²) in [7, 11) is 0. The minimum Gasteiger partial charge on any atom is -0.494 e. The molecule has 0 radical (unpaired) electrons. The summed E-state index contributed by atoms with van der Waals surface area (Å²) in [6.45, 7) is 5.68. The van der Waals surface area contributed by atoms with E-state index in [1.54, 1.807) is 19.1 Å². The Balaban J connectivity index is 1.84. The van der Waals surface area contributed by atoms with Gasteiger partial charge in [-0.2, -0.15) is 0 Å². The molecule has 132 valence electrons. The molecule has 1 heterocycles. The number of esters is 1. The van der Waals surface area contributed by atoms with E-state index in [2.05, 4.69) is 10.5 Å². The van der Waals surface area contributed by atoms with E-state index in [0.717, 1.165) is 11.3 Å². The fourth-order valence-corrected chi connectivity index (χ4v) is 1.93. The van der Waals surface area contributed by atoms with Crippen molar-refractivity contribution >= 4 is 23.8 Å². The maximum absolute atomic E-state index is 11.9. The van der Waals surface area contributed by atoms with Gasteiger partial charge in [0, 0.05) is 12.1 Å². The second-order valence-corrected chi connectivity index (χ2v) is 5.23. The number of anilines is 1. The molecule has 0 aliphatic rings. The Morgan fingerprint density at radius 1 is 1.32 bits per heavy atom. The van der Waals surface area contributed by atoms with Gasteiger partial charge in [-0.25, -0.2) is 4.79 Å². The number of hydrogen-bond donors (Lipinski definition) is 1. The highest BCUT2D eigenvalue weighted by Gasteiger charge is 2.17. The van der Waals surface area contributed by atoms with E-state index < -0.39 is 18.0 Å². The van der Waals surface area contributed by atoms with Crippen LogP contribution in [0.15, 0.2) is 40.9 Å². The predicted molar refractivity (Wildman–Crippen MR) is 92.1 cm³/mol. The molecule has 0 fully saturated rings. The summed E-state index contributed by atoms with van der Waals surface area (Å²) in [5.41, 5.74) is 0.815. The molecule has 1 aromatic carbocycles. The molecule has 0 aliphatic carbocycles. The van der Waals surface area contributed by atoms with Crippen LogP contribution in [0.25, 0.3) is 6.08 Å². The van der Waals surface area contributed by atoms with Crippen LogP contribution in [-0.4, -0.2) is 29.7 Å². The molecule has 7 nitrogen and oxygen atoms in total. The lowest BCUT2D eigenvalue weighted by Crippen LogP contribution is -2.29. The molecule has 0 spiro atoms. The lowest BCUT2D eigenvalue weighted by atomic mass is 10.2. The van der Waals surface area contributed by atoms with Crippen LogP contribution in [0.1, 0.15) is 25.2 Å². The normalized spacial score (nSPS) is 12.0. The van der Waals surface area contributed by atoms with Crippen LogP contribution in [0.2, 0.25) is 0 Å². The molecule has 25 heavy (non-hydrogen) atoms. The van der Waals surface area contributed by atoms with Gasteiger partial charge in [0.2, 0.25) is 0 Å². The largest absolute Gasteiger partial charge is 0.494 e. The summed E-state index contributed by atoms with van der Waals surface area (Å²) in [5, 5.41) is 6.14. The summed E-state index contributed by atoms with van der Waals surface area (Å²) in [5.74, 6) is 0.494. The first-order valence-corrected chi connectivity index (χ1v) is 7.83. The Kier molecular flexibility index (Phi) is 6.33. The maximum atomic E-state index is 11.9. The number of ether oxygens (including phenoxy) is 2. The molecular formula is C18H20N2O5. The van der Waals surface area contributed by atoms with Crippen LogP contribution < -0.4 is 10.1 Å². The van der Waals surface area contributed by atoms with Gasteiger partial charge in [0.1, 0.15) is 11.5 Å². The van der Waals surface area contributed by atoms with E-state index in [1.165, 1.54) is 13.0 Å². The van der Waals surface area contributed by atoms with E-state index in [4.69, 9.17) is 14.0 Å². The lowest BCUT2D eigenvalue weighted by Gasteiger charge is -2.10. The molecule has 0 saturated carbocycles. The summed E-state index contributed by atoms with van der Waals surface area (Å²) in [6.07, 6.45) is 1.90. The van der Waals surface area contributed by atoms with Crippen LogP contribution in [0.4, 0.5) is 5.82 Å². The van der Waals surface area contributed by atoms with Crippen molar-refractivity contribution in [1.82, 2.24) is 5.16 Å². The second-order valence-electron chi connectivity index (χ2n) is 5.23. The highest BCUT2D eigenvalue weighted by Crippen LogP contribution is 2.13. The highest BCUT2D eigenvalue weighted by atomic mass is 16.5. The molecule has 2 aromatic rings. The van der Waals surface area contributed by atoms with Crippen molar-refractivity contribution in [2.75, 3.05) is 11.9 Å². The van der Waals surface area contributed by atoms with E-state index in [1.807, 2.05) is 31.2 Å². The first-order chi connectivity index (χ1) is 12.0. The van der Waals surface area contributed by atoms with Crippen LogP contribution in [-0.2, 0) is 14.3 Å². The third-order valence-electron chi connectivity index (χ3n) is 3.14. The number of carbonyl (C=O) groups is 2. The lowest BCUT2D eigenvalue weighted by molar-refractivity contribution is -0.148. The van der Waals surface area contributed by atoms with Crippen LogP contribution >= 0.6 is 0 Å². The van der Waals surface area contributed by atoms with Crippen molar-refractivity contribution in [3.63, 3.8) is 0 Å². The van der Waals surface area contributed by atoms with Crippen LogP contribution in [0.5, 0.6) is 5.75 Å². The second kappa shape index (κ2) is 8.68. The Morgan fingerprint density at radius 2 is 2.04 bits per heavy atom. The van der Waals surface area contributed by atoms with E-state index in [0.29, 0.717) is 12.4 Å². The average molecular weight is 344 g/mol.